The Labute approximate surface area is 195 Å². The highest BCUT2D eigenvalue weighted by Gasteiger charge is 2.35. The lowest BCUT2D eigenvalue weighted by Crippen LogP contribution is -2.27. The molecule has 1 heterocycles. The fourth-order valence-corrected chi connectivity index (χ4v) is 4.31. The van der Waals surface area contributed by atoms with E-state index in [9.17, 15) is 9.59 Å². The van der Waals surface area contributed by atoms with Gasteiger partial charge in [0.25, 0.3) is 11.1 Å². The Morgan fingerprint density at radius 2 is 2.00 bits per heavy atom. The van der Waals surface area contributed by atoms with Crippen LogP contribution in [-0.2, 0) is 11.3 Å². The summed E-state index contributed by atoms with van der Waals surface area (Å²) in [6, 6.07) is 11.2. The first-order chi connectivity index (χ1) is 13.9. The molecule has 1 fully saturated rings. The summed E-state index contributed by atoms with van der Waals surface area (Å²) in [7, 11) is 1.52. The van der Waals surface area contributed by atoms with Crippen LogP contribution in [0.25, 0.3) is 6.08 Å². The van der Waals surface area contributed by atoms with E-state index in [1.165, 1.54) is 12.0 Å². The van der Waals surface area contributed by atoms with Crippen LogP contribution in [0.2, 0.25) is 0 Å². The van der Waals surface area contributed by atoms with Gasteiger partial charge in [0.1, 0.15) is 6.61 Å². The largest absolute Gasteiger partial charge is 0.493 e. The van der Waals surface area contributed by atoms with Crippen molar-refractivity contribution in [2.24, 2.45) is 0 Å². The van der Waals surface area contributed by atoms with Gasteiger partial charge in [-0.3, -0.25) is 14.5 Å². The van der Waals surface area contributed by atoms with E-state index in [2.05, 4.69) is 44.4 Å². The van der Waals surface area contributed by atoms with E-state index in [1.807, 2.05) is 24.3 Å². The van der Waals surface area contributed by atoms with Crippen LogP contribution in [0, 0.1) is 15.9 Å². The summed E-state index contributed by atoms with van der Waals surface area (Å²) in [5, 5.41) is -0.312. The second kappa shape index (κ2) is 9.69. The number of amides is 2. The molecule has 0 N–H and O–H groups in total. The summed E-state index contributed by atoms with van der Waals surface area (Å²) in [6.45, 7) is 0.272. The monoisotopic (exact) mass is 583 g/mol. The van der Waals surface area contributed by atoms with Gasteiger partial charge in [0, 0.05) is 13.6 Å². The molecule has 148 valence electrons. The molecule has 0 unspecified atom stereocenters. The van der Waals surface area contributed by atoms with Gasteiger partial charge in [-0.05, 0) is 70.3 Å². The number of rotatable bonds is 6. The predicted molar refractivity (Wildman–Crippen MR) is 126 cm³/mol. The molecule has 2 aromatic carbocycles. The third-order valence-electron chi connectivity index (χ3n) is 3.98. The SMILES string of the molecule is C#CCOc1c(/C=C2/SC(=O)N(Cc3ccc(I)cc3)C2=O)cc(Br)cc1OC. The molecule has 1 aliphatic heterocycles. The van der Waals surface area contributed by atoms with Crippen LogP contribution in [0.3, 0.4) is 0 Å². The van der Waals surface area contributed by atoms with Crippen LogP contribution in [-0.4, -0.2) is 29.8 Å². The summed E-state index contributed by atoms with van der Waals surface area (Å²) in [5.74, 6) is 2.95. The van der Waals surface area contributed by atoms with Crippen molar-refractivity contribution in [3.05, 3.63) is 60.5 Å². The van der Waals surface area contributed by atoms with Crippen LogP contribution in [0.4, 0.5) is 4.79 Å². The average Bonchev–Trinajstić information content (AvgIpc) is 2.95. The average molecular weight is 584 g/mol. The van der Waals surface area contributed by atoms with Crippen LogP contribution in [0.5, 0.6) is 11.5 Å². The first-order valence-corrected chi connectivity index (χ1v) is 11.1. The van der Waals surface area contributed by atoms with Gasteiger partial charge in [-0.2, -0.15) is 0 Å². The molecule has 2 aromatic rings. The van der Waals surface area contributed by atoms with Gasteiger partial charge in [0.2, 0.25) is 0 Å². The Hall–Kier alpha value is -1.96. The molecule has 0 aliphatic carbocycles. The van der Waals surface area contributed by atoms with Crippen LogP contribution >= 0.6 is 50.3 Å². The van der Waals surface area contributed by atoms with Gasteiger partial charge >= 0.3 is 0 Å². The first-order valence-electron chi connectivity index (χ1n) is 8.36. The number of hydrogen-bond acceptors (Lipinski definition) is 5. The zero-order valence-electron chi connectivity index (χ0n) is 15.3. The number of imide groups is 1. The molecule has 0 radical (unpaired) electrons. The van der Waals surface area contributed by atoms with Crippen molar-refractivity contribution in [3.63, 3.8) is 0 Å². The normalized spacial score (nSPS) is 15.0. The van der Waals surface area contributed by atoms with Gasteiger partial charge < -0.3 is 9.47 Å². The summed E-state index contributed by atoms with van der Waals surface area (Å²) >= 11 is 6.52. The van der Waals surface area contributed by atoms with Crippen molar-refractivity contribution in [1.29, 1.82) is 0 Å². The molecule has 29 heavy (non-hydrogen) atoms. The molecule has 0 aromatic heterocycles. The highest BCUT2D eigenvalue weighted by molar-refractivity contribution is 14.1. The number of terminal acetylenes is 1. The molecule has 8 heteroatoms. The number of methoxy groups -OCH3 is 1. The fraction of sp³-hybridized carbons (Fsp3) is 0.143. The Balaban J connectivity index is 1.92. The number of carbonyl (C=O) groups excluding carboxylic acids is 2. The van der Waals surface area contributed by atoms with E-state index >= 15 is 0 Å². The number of ether oxygens (including phenoxy) is 2. The standard InChI is InChI=1S/C21H15BrINO4S/c1-3-8-28-19-14(9-15(22)11-17(19)27-2)10-18-20(25)24(21(26)29-18)12-13-4-6-16(23)7-5-13/h1,4-7,9-11H,8,12H2,2H3/b18-10+. The van der Waals surface area contributed by atoms with Crippen molar-refractivity contribution in [1.82, 2.24) is 4.90 Å². The van der Waals surface area contributed by atoms with Gasteiger partial charge in [-0.25, -0.2) is 0 Å². The Morgan fingerprint density at radius 3 is 2.66 bits per heavy atom. The van der Waals surface area contributed by atoms with Gasteiger partial charge in [-0.1, -0.05) is 34.0 Å². The maximum absolute atomic E-state index is 12.9. The predicted octanol–water partition coefficient (Wildman–Crippen LogP) is 5.31. The highest BCUT2D eigenvalue weighted by Crippen LogP contribution is 2.39. The third kappa shape index (κ3) is 5.15. The molecular formula is C21H15BrINO4S. The first kappa shape index (κ1) is 21.7. The van der Waals surface area contributed by atoms with Crippen molar-refractivity contribution < 1.29 is 19.1 Å². The number of thioether (sulfide) groups is 1. The molecule has 5 nitrogen and oxygen atoms in total. The van der Waals surface area contributed by atoms with Gasteiger partial charge in [-0.15, -0.1) is 6.42 Å². The highest BCUT2D eigenvalue weighted by atomic mass is 127. The van der Waals surface area contributed by atoms with E-state index < -0.39 is 0 Å². The summed E-state index contributed by atoms with van der Waals surface area (Å²) < 4.78 is 12.8. The van der Waals surface area contributed by atoms with Crippen molar-refractivity contribution in [2.45, 2.75) is 6.54 Å². The lowest BCUT2D eigenvalue weighted by atomic mass is 10.1. The summed E-state index contributed by atoms with van der Waals surface area (Å²) in [4.78, 5) is 26.8. The second-order valence-corrected chi connectivity index (χ2v) is 9.07. The maximum atomic E-state index is 12.9. The minimum absolute atomic E-state index is 0.0487. The Morgan fingerprint density at radius 1 is 1.28 bits per heavy atom. The molecule has 1 aliphatic rings. The van der Waals surface area contributed by atoms with Crippen molar-refractivity contribution in [2.75, 3.05) is 13.7 Å². The molecule has 0 saturated carbocycles. The van der Waals surface area contributed by atoms with Crippen molar-refractivity contribution >= 4 is 67.5 Å². The van der Waals surface area contributed by atoms with Crippen LogP contribution in [0.15, 0.2) is 45.8 Å². The Kier molecular flexibility index (Phi) is 7.27. The minimum atomic E-state index is -0.347. The minimum Gasteiger partial charge on any atom is -0.493 e. The molecule has 0 atom stereocenters. The van der Waals surface area contributed by atoms with Gasteiger partial charge in [0.05, 0.1) is 18.6 Å². The zero-order valence-corrected chi connectivity index (χ0v) is 19.8. The molecule has 3 rings (SSSR count). The molecule has 1 saturated heterocycles. The van der Waals surface area contributed by atoms with E-state index in [4.69, 9.17) is 15.9 Å². The third-order valence-corrected chi connectivity index (χ3v) is 6.07. The summed E-state index contributed by atoms with van der Waals surface area (Å²) in [6.07, 6.45) is 6.92. The zero-order chi connectivity index (χ0) is 21.0. The van der Waals surface area contributed by atoms with Crippen LogP contribution in [0.1, 0.15) is 11.1 Å². The number of nitrogens with zero attached hydrogens (tertiary/aromatic N) is 1. The number of halogens is 2. The number of hydrogen-bond donors (Lipinski definition) is 0. The lowest BCUT2D eigenvalue weighted by Gasteiger charge is -2.13. The molecule has 0 spiro atoms. The smallest absolute Gasteiger partial charge is 0.293 e. The maximum Gasteiger partial charge on any atom is 0.293 e. The quantitative estimate of drug-likeness (QED) is 0.262. The topological polar surface area (TPSA) is 55.8 Å². The van der Waals surface area contributed by atoms with E-state index in [0.29, 0.717) is 22.0 Å². The lowest BCUT2D eigenvalue weighted by molar-refractivity contribution is -0.123. The number of benzene rings is 2. The van der Waals surface area contributed by atoms with E-state index in [0.717, 1.165) is 25.4 Å². The van der Waals surface area contributed by atoms with E-state index in [1.54, 1.807) is 18.2 Å². The van der Waals surface area contributed by atoms with Crippen molar-refractivity contribution in [3.8, 4) is 23.8 Å². The van der Waals surface area contributed by atoms with E-state index in [-0.39, 0.29) is 24.3 Å². The second-order valence-electron chi connectivity index (χ2n) is 5.91. The molecular weight excluding hydrogens is 569 g/mol. The number of carbonyl (C=O) groups is 2. The molecule has 0 bridgehead atoms. The Bertz CT molecular complexity index is 1030. The fourth-order valence-electron chi connectivity index (χ4n) is 2.67. The molecule has 2 amide bonds. The summed E-state index contributed by atoms with van der Waals surface area (Å²) in [5.41, 5.74) is 1.47. The van der Waals surface area contributed by atoms with Gasteiger partial charge in [0.15, 0.2) is 11.5 Å². The van der Waals surface area contributed by atoms with Crippen LogP contribution < -0.4 is 9.47 Å².